The van der Waals surface area contributed by atoms with Crippen LogP contribution in [0.2, 0.25) is 0 Å². The van der Waals surface area contributed by atoms with E-state index in [2.05, 4.69) is 0 Å². The number of nitriles is 1. The Morgan fingerprint density at radius 3 is 2.00 bits per heavy atom. The molecular formula is C5H10N2. The lowest BCUT2D eigenvalue weighted by Gasteiger charge is -2.11. The van der Waals surface area contributed by atoms with Gasteiger partial charge in [-0.3, -0.25) is 0 Å². The van der Waals surface area contributed by atoms with Gasteiger partial charge >= 0.3 is 0 Å². The van der Waals surface area contributed by atoms with E-state index in [-0.39, 0.29) is 0 Å². The van der Waals surface area contributed by atoms with Gasteiger partial charge in [-0.2, -0.15) is 5.26 Å². The molecule has 0 N–H and O–H groups in total. The quantitative estimate of drug-likeness (QED) is 0.358. The normalized spacial score (nSPS) is 8.43. The molecule has 0 radical (unpaired) electrons. The summed E-state index contributed by atoms with van der Waals surface area (Å²) in [6, 6.07) is 0.338. The van der Waals surface area contributed by atoms with Gasteiger partial charge in [0, 0.05) is 13.1 Å². The van der Waals surface area contributed by atoms with E-state index < -0.39 is 0 Å². The van der Waals surface area contributed by atoms with E-state index in [0.29, 0.717) is 6.04 Å². The van der Waals surface area contributed by atoms with Gasteiger partial charge < -0.3 is 4.90 Å². The first-order chi connectivity index (χ1) is 3.18. The highest BCUT2D eigenvalue weighted by molar-refractivity contribution is 4.71. The van der Waals surface area contributed by atoms with Crippen molar-refractivity contribution in [2.75, 3.05) is 7.05 Å². The summed E-state index contributed by atoms with van der Waals surface area (Å²) in [4.78, 5) is 1.60. The second-order valence-corrected chi connectivity index (χ2v) is 1.80. The molecule has 0 aliphatic heterocycles. The minimum absolute atomic E-state index is 0.338. The summed E-state index contributed by atoms with van der Waals surface area (Å²) < 4.78 is 0. The zero-order valence-corrected chi connectivity index (χ0v) is 4.97. The molecule has 0 unspecified atom stereocenters. The van der Waals surface area contributed by atoms with Crippen molar-refractivity contribution in [2.45, 2.75) is 19.9 Å². The molecule has 7 heavy (non-hydrogen) atoms. The third-order valence-corrected chi connectivity index (χ3v) is 0.932. The molecule has 2 heteroatoms. The summed E-state index contributed by atoms with van der Waals surface area (Å²) in [5.74, 6) is 0. The second-order valence-electron chi connectivity index (χ2n) is 1.80. The number of hydrogen-bond acceptors (Lipinski definition) is 2. The molecule has 0 rings (SSSR count). The SMILES string of the molecule is CC(C)N(C)C#N. The van der Waals surface area contributed by atoms with Gasteiger partial charge in [0.1, 0.15) is 0 Å². The molecule has 0 atom stereocenters. The average Bonchev–Trinajstić information content (AvgIpc) is 1.65. The third-order valence-electron chi connectivity index (χ3n) is 0.932. The second kappa shape index (κ2) is 2.46. The Balaban J connectivity index is 3.40. The Labute approximate surface area is 44.4 Å². The van der Waals surface area contributed by atoms with Crippen LogP contribution in [0.1, 0.15) is 13.8 Å². The molecule has 0 spiro atoms. The van der Waals surface area contributed by atoms with Gasteiger partial charge in [-0.1, -0.05) is 0 Å². The monoisotopic (exact) mass is 98.1 g/mol. The van der Waals surface area contributed by atoms with Gasteiger partial charge in [-0.25, -0.2) is 0 Å². The summed E-state index contributed by atoms with van der Waals surface area (Å²) in [7, 11) is 1.77. The van der Waals surface area contributed by atoms with E-state index in [1.54, 1.807) is 11.9 Å². The molecule has 0 amide bonds. The van der Waals surface area contributed by atoms with Gasteiger partial charge in [0.15, 0.2) is 6.19 Å². The van der Waals surface area contributed by atoms with Gasteiger partial charge in [-0.15, -0.1) is 0 Å². The highest BCUT2D eigenvalue weighted by Gasteiger charge is 1.94. The summed E-state index contributed by atoms with van der Waals surface area (Å²) in [5, 5.41) is 8.18. The van der Waals surface area contributed by atoms with E-state index in [1.165, 1.54) is 0 Å². The molecule has 40 valence electrons. The van der Waals surface area contributed by atoms with Crippen molar-refractivity contribution >= 4 is 0 Å². The summed E-state index contributed by atoms with van der Waals surface area (Å²) in [5.41, 5.74) is 0. The fraction of sp³-hybridized carbons (Fsp3) is 0.800. The highest BCUT2D eigenvalue weighted by atomic mass is 15.1. The molecule has 0 aliphatic rings. The molecule has 0 saturated heterocycles. The smallest absolute Gasteiger partial charge is 0.179 e. The standard InChI is InChI=1S/C5H10N2/c1-5(2)7(3)4-6/h5H,1-3H3. The van der Waals surface area contributed by atoms with Crippen molar-refractivity contribution in [3.63, 3.8) is 0 Å². The van der Waals surface area contributed by atoms with Crippen LogP contribution < -0.4 is 0 Å². The van der Waals surface area contributed by atoms with E-state index in [4.69, 9.17) is 5.26 Å². The van der Waals surface area contributed by atoms with Gasteiger partial charge in [0.25, 0.3) is 0 Å². The van der Waals surface area contributed by atoms with Crippen molar-refractivity contribution < 1.29 is 0 Å². The lowest BCUT2D eigenvalue weighted by molar-refractivity contribution is 0.391. The largest absolute Gasteiger partial charge is 0.311 e. The molecule has 2 nitrogen and oxygen atoms in total. The van der Waals surface area contributed by atoms with E-state index in [0.717, 1.165) is 0 Å². The lowest BCUT2D eigenvalue weighted by atomic mass is 10.4. The molecule has 0 fully saturated rings. The number of hydrogen-bond donors (Lipinski definition) is 0. The maximum absolute atomic E-state index is 8.18. The predicted octanol–water partition coefficient (Wildman–Crippen LogP) is 0.808. The van der Waals surface area contributed by atoms with Crippen molar-refractivity contribution in [3.05, 3.63) is 0 Å². The van der Waals surface area contributed by atoms with E-state index in [1.807, 2.05) is 20.0 Å². The van der Waals surface area contributed by atoms with Crippen LogP contribution in [0.3, 0.4) is 0 Å². The van der Waals surface area contributed by atoms with Crippen LogP contribution in [-0.2, 0) is 0 Å². The maximum Gasteiger partial charge on any atom is 0.179 e. The van der Waals surface area contributed by atoms with Crippen LogP contribution in [0, 0.1) is 11.5 Å². The van der Waals surface area contributed by atoms with Crippen LogP contribution in [0.5, 0.6) is 0 Å². The molecule has 0 aromatic heterocycles. The first kappa shape index (κ1) is 6.29. The third kappa shape index (κ3) is 2.05. The Morgan fingerprint density at radius 1 is 1.57 bits per heavy atom. The minimum Gasteiger partial charge on any atom is -0.311 e. The van der Waals surface area contributed by atoms with Crippen LogP contribution in [0.15, 0.2) is 0 Å². The van der Waals surface area contributed by atoms with Gasteiger partial charge in [0.2, 0.25) is 0 Å². The first-order valence-electron chi connectivity index (χ1n) is 2.31. The Kier molecular flexibility index (Phi) is 2.21. The highest BCUT2D eigenvalue weighted by Crippen LogP contribution is 1.87. The lowest BCUT2D eigenvalue weighted by Crippen LogP contribution is -2.19. The van der Waals surface area contributed by atoms with Crippen LogP contribution >= 0.6 is 0 Å². The molecule has 0 aromatic carbocycles. The van der Waals surface area contributed by atoms with E-state index in [9.17, 15) is 0 Å². The van der Waals surface area contributed by atoms with Gasteiger partial charge in [-0.05, 0) is 13.8 Å². The van der Waals surface area contributed by atoms with Gasteiger partial charge in [0.05, 0.1) is 0 Å². The van der Waals surface area contributed by atoms with Crippen LogP contribution in [0.4, 0.5) is 0 Å². The van der Waals surface area contributed by atoms with Crippen molar-refractivity contribution in [2.24, 2.45) is 0 Å². The Bertz CT molecular complexity index is 80.6. The van der Waals surface area contributed by atoms with Crippen molar-refractivity contribution in [3.8, 4) is 6.19 Å². The molecule has 0 bridgehead atoms. The topological polar surface area (TPSA) is 27.0 Å². The van der Waals surface area contributed by atoms with Crippen molar-refractivity contribution in [1.29, 1.82) is 5.26 Å². The zero-order valence-electron chi connectivity index (χ0n) is 4.97. The minimum atomic E-state index is 0.338. The summed E-state index contributed by atoms with van der Waals surface area (Å²) >= 11 is 0. The summed E-state index contributed by atoms with van der Waals surface area (Å²) in [6.45, 7) is 3.95. The molecule has 0 aromatic rings. The summed E-state index contributed by atoms with van der Waals surface area (Å²) in [6.07, 6.45) is 2.00. The maximum atomic E-state index is 8.18. The average molecular weight is 98.1 g/mol. The molecule has 0 aliphatic carbocycles. The van der Waals surface area contributed by atoms with Crippen molar-refractivity contribution in [1.82, 2.24) is 4.90 Å². The van der Waals surface area contributed by atoms with E-state index >= 15 is 0 Å². The van der Waals surface area contributed by atoms with Crippen LogP contribution in [-0.4, -0.2) is 18.0 Å². The first-order valence-corrected chi connectivity index (χ1v) is 2.31. The fourth-order valence-electron chi connectivity index (χ4n) is 0.115. The number of nitrogens with zero attached hydrogens (tertiary/aromatic N) is 2. The predicted molar refractivity (Wildman–Crippen MR) is 28.5 cm³/mol. The Hall–Kier alpha value is -0.710. The number of rotatable bonds is 1. The zero-order chi connectivity index (χ0) is 5.86. The molecule has 0 heterocycles. The Morgan fingerprint density at radius 2 is 2.00 bits per heavy atom. The fourth-order valence-corrected chi connectivity index (χ4v) is 0.115. The molecule has 0 saturated carbocycles. The molecular weight excluding hydrogens is 88.1 g/mol. The van der Waals surface area contributed by atoms with Crippen LogP contribution in [0.25, 0.3) is 0 Å².